The number of rotatable bonds is 13. The van der Waals surface area contributed by atoms with E-state index in [1.165, 1.54) is 6.92 Å². The maximum absolute atomic E-state index is 13.1. The average molecular weight is 615 g/mol. The third-order valence-electron chi connectivity index (χ3n) is 8.43. The molecule has 0 bridgehead atoms. The SMILES string of the molecule is CNC1(C(C)=O)CCN(C(=O)CCC(C(=O)O)N2CCN(CC(=O)O)CCN(CC(=O)O)CCN(CC(=O)O)CC2)CC1. The summed E-state index contributed by atoms with van der Waals surface area (Å²) in [6, 6.07) is -1.08. The van der Waals surface area contributed by atoms with Gasteiger partial charge < -0.3 is 30.6 Å². The van der Waals surface area contributed by atoms with Crippen molar-refractivity contribution in [2.75, 3.05) is 92.1 Å². The van der Waals surface area contributed by atoms with E-state index in [1.807, 2.05) is 0 Å². The normalized spacial score (nSPS) is 20.8. The van der Waals surface area contributed by atoms with E-state index < -0.39 is 35.5 Å². The first-order valence-electron chi connectivity index (χ1n) is 14.5. The lowest BCUT2D eigenvalue weighted by atomic mass is 9.84. The Hall–Kier alpha value is -3.18. The molecule has 0 aromatic rings. The predicted octanol–water partition coefficient (Wildman–Crippen LogP) is -2.14. The van der Waals surface area contributed by atoms with Gasteiger partial charge in [-0.2, -0.15) is 0 Å². The molecule has 16 nitrogen and oxygen atoms in total. The third kappa shape index (κ3) is 11.8. The quantitative estimate of drug-likeness (QED) is 0.150. The lowest BCUT2D eigenvalue weighted by Crippen LogP contribution is -2.57. The zero-order valence-corrected chi connectivity index (χ0v) is 25.1. The Morgan fingerprint density at radius 3 is 1.40 bits per heavy atom. The van der Waals surface area contributed by atoms with Gasteiger partial charge in [0.15, 0.2) is 0 Å². The molecule has 1 unspecified atom stereocenters. The Morgan fingerprint density at radius 2 is 1.07 bits per heavy atom. The Labute approximate surface area is 251 Å². The Kier molecular flexibility index (Phi) is 14.4. The fraction of sp³-hybridized carbons (Fsp3) is 0.778. The smallest absolute Gasteiger partial charge is 0.320 e. The predicted molar refractivity (Wildman–Crippen MR) is 153 cm³/mol. The molecule has 43 heavy (non-hydrogen) atoms. The molecule has 0 radical (unpaired) electrons. The first-order chi connectivity index (χ1) is 20.3. The number of carbonyl (C=O) groups is 6. The van der Waals surface area contributed by atoms with E-state index in [1.54, 1.807) is 31.5 Å². The molecule has 244 valence electrons. The van der Waals surface area contributed by atoms with Gasteiger partial charge in [0, 0.05) is 71.9 Å². The summed E-state index contributed by atoms with van der Waals surface area (Å²) in [7, 11) is 1.72. The van der Waals surface area contributed by atoms with Crippen LogP contribution in [0.1, 0.15) is 32.6 Å². The molecule has 1 atom stereocenters. The zero-order chi connectivity index (χ0) is 32.2. The number of hydrogen-bond acceptors (Lipinski definition) is 11. The summed E-state index contributed by atoms with van der Waals surface area (Å²) in [6.45, 7) is 2.85. The van der Waals surface area contributed by atoms with Gasteiger partial charge >= 0.3 is 23.9 Å². The molecule has 0 saturated carbocycles. The van der Waals surface area contributed by atoms with Crippen molar-refractivity contribution in [1.82, 2.24) is 29.8 Å². The standard InChI is InChI=1S/C27H46N6O10/c1-20(34)27(28-2)5-7-33(8-6-27)22(35)4-3-21(26(42)43)32-15-13-30(18-24(38)39)11-9-29(17-23(36)37)10-12-31(14-16-32)19-25(40)41/h21,28H,3-19H2,1-2H3,(H,36,37)(H,38,39)(H,40,41)(H,42,43). The largest absolute Gasteiger partial charge is 0.480 e. The molecule has 16 heteroatoms. The van der Waals surface area contributed by atoms with Crippen LogP contribution in [-0.4, -0.2) is 184 Å². The van der Waals surface area contributed by atoms with Crippen molar-refractivity contribution >= 4 is 35.6 Å². The number of carbonyl (C=O) groups excluding carboxylic acids is 2. The molecule has 5 N–H and O–H groups in total. The molecule has 1 amide bonds. The van der Waals surface area contributed by atoms with Crippen molar-refractivity contribution in [3.63, 3.8) is 0 Å². The van der Waals surface area contributed by atoms with Crippen molar-refractivity contribution in [2.24, 2.45) is 0 Å². The molecule has 0 aromatic heterocycles. The maximum Gasteiger partial charge on any atom is 0.320 e. The summed E-state index contributed by atoms with van der Waals surface area (Å²) in [6.07, 6.45) is 0.879. The number of likely N-dealkylation sites (tertiary alicyclic amines) is 1. The van der Waals surface area contributed by atoms with Gasteiger partial charge in [-0.25, -0.2) is 0 Å². The van der Waals surface area contributed by atoms with Gasteiger partial charge in [-0.05, 0) is 33.2 Å². The van der Waals surface area contributed by atoms with Crippen molar-refractivity contribution in [1.29, 1.82) is 0 Å². The first-order valence-corrected chi connectivity index (χ1v) is 14.5. The van der Waals surface area contributed by atoms with Crippen molar-refractivity contribution in [3.8, 4) is 0 Å². The second-order valence-electron chi connectivity index (χ2n) is 11.2. The lowest BCUT2D eigenvalue weighted by Gasteiger charge is -2.40. The van der Waals surface area contributed by atoms with E-state index in [4.69, 9.17) is 0 Å². The van der Waals surface area contributed by atoms with Crippen molar-refractivity contribution in [3.05, 3.63) is 0 Å². The van der Waals surface area contributed by atoms with Gasteiger partial charge in [0.25, 0.3) is 0 Å². The molecule has 2 rings (SSSR count). The molecular weight excluding hydrogens is 568 g/mol. The Morgan fingerprint density at radius 1 is 0.674 bits per heavy atom. The minimum atomic E-state index is -1.15. The zero-order valence-electron chi connectivity index (χ0n) is 25.1. The number of carboxylic acids is 4. The Balaban J connectivity index is 2.17. The van der Waals surface area contributed by atoms with Crippen LogP contribution in [0.5, 0.6) is 0 Å². The highest BCUT2D eigenvalue weighted by atomic mass is 16.4. The first kappa shape index (κ1) is 36.0. The molecule has 0 spiro atoms. The summed E-state index contributed by atoms with van der Waals surface area (Å²) in [5, 5.41) is 41.3. The minimum absolute atomic E-state index is 0.00119. The average Bonchev–Trinajstić information content (AvgIpc) is 2.92. The molecule has 2 heterocycles. The second kappa shape index (κ2) is 17.2. The van der Waals surface area contributed by atoms with Crippen LogP contribution in [0.4, 0.5) is 0 Å². The van der Waals surface area contributed by atoms with Crippen LogP contribution >= 0.6 is 0 Å². The number of carboxylic acid groups (broad SMARTS) is 4. The number of Topliss-reactive ketones (excluding diaryl/α,β-unsaturated/α-hetero) is 1. The number of piperidine rings is 1. The van der Waals surface area contributed by atoms with E-state index >= 15 is 0 Å². The van der Waals surface area contributed by atoms with Gasteiger partial charge in [0.05, 0.1) is 25.2 Å². The number of nitrogens with one attached hydrogen (secondary N) is 1. The summed E-state index contributed by atoms with van der Waals surface area (Å²) < 4.78 is 0. The topological polar surface area (TPSA) is 212 Å². The van der Waals surface area contributed by atoms with E-state index in [2.05, 4.69) is 5.32 Å². The van der Waals surface area contributed by atoms with Crippen LogP contribution in [0.2, 0.25) is 0 Å². The van der Waals surface area contributed by atoms with Crippen molar-refractivity contribution < 1.29 is 49.2 Å². The van der Waals surface area contributed by atoms with Crippen LogP contribution in [0.15, 0.2) is 0 Å². The lowest BCUT2D eigenvalue weighted by molar-refractivity contribution is -0.145. The molecule has 2 fully saturated rings. The molecule has 0 aliphatic carbocycles. The van der Waals surface area contributed by atoms with E-state index in [0.29, 0.717) is 25.9 Å². The fourth-order valence-corrected chi connectivity index (χ4v) is 5.71. The molecule has 2 saturated heterocycles. The summed E-state index contributed by atoms with van der Waals surface area (Å²) in [5.74, 6) is -4.57. The second-order valence-corrected chi connectivity index (χ2v) is 11.2. The fourth-order valence-electron chi connectivity index (χ4n) is 5.71. The number of hydrogen-bond donors (Lipinski definition) is 5. The molecule has 0 aromatic carbocycles. The van der Waals surface area contributed by atoms with Crippen LogP contribution in [0.3, 0.4) is 0 Å². The van der Waals surface area contributed by atoms with Gasteiger partial charge in [0.2, 0.25) is 5.91 Å². The monoisotopic (exact) mass is 614 g/mol. The third-order valence-corrected chi connectivity index (χ3v) is 8.43. The van der Waals surface area contributed by atoms with Crippen LogP contribution in [0.25, 0.3) is 0 Å². The summed E-state index contributed by atoms with van der Waals surface area (Å²) in [4.78, 5) is 80.1. The van der Waals surface area contributed by atoms with Crippen molar-refractivity contribution in [2.45, 2.75) is 44.2 Å². The highest BCUT2D eigenvalue weighted by Gasteiger charge is 2.38. The highest BCUT2D eigenvalue weighted by Crippen LogP contribution is 2.24. The van der Waals surface area contributed by atoms with E-state index in [-0.39, 0.29) is 96.5 Å². The van der Waals surface area contributed by atoms with E-state index in [9.17, 15) is 49.2 Å². The van der Waals surface area contributed by atoms with Gasteiger partial charge in [-0.1, -0.05) is 0 Å². The highest BCUT2D eigenvalue weighted by molar-refractivity contribution is 5.87. The van der Waals surface area contributed by atoms with Crippen LogP contribution < -0.4 is 5.32 Å². The number of amides is 1. The minimum Gasteiger partial charge on any atom is -0.480 e. The molecule has 2 aliphatic heterocycles. The number of nitrogens with zero attached hydrogens (tertiary/aromatic N) is 5. The van der Waals surface area contributed by atoms with Crippen LogP contribution in [0, 0.1) is 0 Å². The maximum atomic E-state index is 13.1. The Bertz CT molecular complexity index is 971. The van der Waals surface area contributed by atoms with Gasteiger partial charge in [0.1, 0.15) is 11.8 Å². The van der Waals surface area contributed by atoms with Crippen LogP contribution in [-0.2, 0) is 28.8 Å². The van der Waals surface area contributed by atoms with E-state index in [0.717, 1.165) is 0 Å². The number of ketones is 1. The summed E-state index contributed by atoms with van der Waals surface area (Å²) in [5.41, 5.74) is -0.673. The van der Waals surface area contributed by atoms with Gasteiger partial charge in [-0.3, -0.25) is 48.4 Å². The molecular formula is C27H46N6O10. The molecule has 2 aliphatic rings. The number of aliphatic carboxylic acids is 4. The summed E-state index contributed by atoms with van der Waals surface area (Å²) >= 11 is 0. The number of likely N-dealkylation sites (N-methyl/N-ethyl adjacent to an activating group) is 1. The van der Waals surface area contributed by atoms with Gasteiger partial charge in [-0.15, -0.1) is 0 Å².